The van der Waals surface area contributed by atoms with Gasteiger partial charge in [-0.1, -0.05) is 20.8 Å². The van der Waals surface area contributed by atoms with E-state index in [4.69, 9.17) is 11.0 Å². The van der Waals surface area contributed by atoms with Crippen LogP contribution in [-0.2, 0) is 0 Å². The van der Waals surface area contributed by atoms with Gasteiger partial charge < -0.3 is 11.1 Å². The Labute approximate surface area is 94.0 Å². The smallest absolute Gasteiger partial charge is 0.0635 e. The van der Waals surface area contributed by atoms with Crippen LogP contribution in [0, 0.1) is 22.7 Å². The minimum atomic E-state index is 0.346. The van der Waals surface area contributed by atoms with Gasteiger partial charge in [-0.15, -0.1) is 0 Å². The molecule has 3 heteroatoms. The van der Waals surface area contributed by atoms with E-state index in [1.807, 2.05) is 0 Å². The first-order valence-corrected chi connectivity index (χ1v) is 5.79. The Balaban J connectivity index is 3.60. The Morgan fingerprint density at radius 3 is 2.60 bits per heavy atom. The van der Waals surface area contributed by atoms with E-state index in [9.17, 15) is 0 Å². The lowest BCUT2D eigenvalue weighted by Crippen LogP contribution is -2.26. The molecule has 1 unspecified atom stereocenters. The maximum absolute atomic E-state index is 8.37. The molecule has 0 aliphatic rings. The molecule has 0 amide bonds. The molecule has 0 aromatic carbocycles. The first-order valence-electron chi connectivity index (χ1n) is 5.79. The van der Waals surface area contributed by atoms with Crippen molar-refractivity contribution < 1.29 is 0 Å². The van der Waals surface area contributed by atoms with Crippen LogP contribution in [0.5, 0.6) is 0 Å². The second-order valence-corrected chi connectivity index (χ2v) is 5.12. The normalized spacial score (nSPS) is 13.5. The summed E-state index contributed by atoms with van der Waals surface area (Å²) in [4.78, 5) is 0. The highest BCUT2D eigenvalue weighted by Crippen LogP contribution is 2.28. The molecule has 0 aliphatic carbocycles. The average Bonchev–Trinajstić information content (AvgIpc) is 2.16. The van der Waals surface area contributed by atoms with Gasteiger partial charge in [-0.05, 0) is 37.3 Å². The lowest BCUT2D eigenvalue weighted by atomic mass is 9.80. The fraction of sp³-hybridized carbons (Fsp3) is 0.917. The number of nitrogens with zero attached hydrogens (tertiary/aromatic N) is 1. The van der Waals surface area contributed by atoms with Gasteiger partial charge in [-0.3, -0.25) is 0 Å². The van der Waals surface area contributed by atoms with E-state index in [1.165, 1.54) is 6.42 Å². The molecule has 0 aromatic rings. The van der Waals surface area contributed by atoms with Crippen molar-refractivity contribution in [2.45, 2.75) is 40.0 Å². The second kappa shape index (κ2) is 7.67. The highest BCUT2D eigenvalue weighted by Gasteiger charge is 2.19. The minimum Gasteiger partial charge on any atom is -0.330 e. The van der Waals surface area contributed by atoms with Gasteiger partial charge in [0.25, 0.3) is 0 Å². The summed E-state index contributed by atoms with van der Waals surface area (Å²) in [5.41, 5.74) is 5.97. The molecule has 0 saturated carbocycles. The van der Waals surface area contributed by atoms with Gasteiger partial charge in [0.05, 0.1) is 6.07 Å². The van der Waals surface area contributed by atoms with Crippen molar-refractivity contribution in [2.24, 2.45) is 17.1 Å². The Bertz CT molecular complexity index is 194. The van der Waals surface area contributed by atoms with Gasteiger partial charge in [0.1, 0.15) is 0 Å². The maximum Gasteiger partial charge on any atom is 0.0635 e. The van der Waals surface area contributed by atoms with Gasteiger partial charge in [0.15, 0.2) is 0 Å². The van der Waals surface area contributed by atoms with Crippen LogP contribution in [0.2, 0.25) is 0 Å². The van der Waals surface area contributed by atoms with Crippen LogP contribution >= 0.6 is 0 Å². The molecule has 0 spiro atoms. The topological polar surface area (TPSA) is 61.8 Å². The minimum absolute atomic E-state index is 0.346. The van der Waals surface area contributed by atoms with Crippen molar-refractivity contribution in [2.75, 3.05) is 19.6 Å². The quantitative estimate of drug-likeness (QED) is 0.603. The van der Waals surface area contributed by atoms with Crippen LogP contribution in [0.15, 0.2) is 0 Å². The zero-order chi connectivity index (χ0) is 11.7. The predicted octanol–water partition coefficient (Wildman–Crippen LogP) is 1.89. The summed E-state index contributed by atoms with van der Waals surface area (Å²) < 4.78 is 0. The highest BCUT2D eigenvalue weighted by molar-refractivity contribution is 4.74. The summed E-state index contributed by atoms with van der Waals surface area (Å²) in [6, 6.07) is 2.13. The zero-order valence-electron chi connectivity index (χ0n) is 10.3. The summed E-state index contributed by atoms with van der Waals surface area (Å²) in [5, 5.41) is 11.7. The van der Waals surface area contributed by atoms with Crippen LogP contribution in [0.1, 0.15) is 40.0 Å². The van der Waals surface area contributed by atoms with E-state index in [2.05, 4.69) is 32.2 Å². The number of rotatable bonds is 8. The van der Waals surface area contributed by atoms with E-state index in [-0.39, 0.29) is 0 Å². The second-order valence-electron chi connectivity index (χ2n) is 5.12. The molecule has 0 bridgehead atoms. The monoisotopic (exact) mass is 211 g/mol. The fourth-order valence-corrected chi connectivity index (χ4v) is 1.82. The third kappa shape index (κ3) is 8.41. The molecule has 0 saturated heterocycles. The number of nitrogens with two attached hydrogens (primary N) is 1. The van der Waals surface area contributed by atoms with Crippen LogP contribution in [-0.4, -0.2) is 19.6 Å². The Kier molecular flexibility index (Phi) is 7.37. The molecule has 1 atom stereocenters. The largest absolute Gasteiger partial charge is 0.330 e. The lowest BCUT2D eigenvalue weighted by Gasteiger charge is -2.27. The van der Waals surface area contributed by atoms with Crippen molar-refractivity contribution in [1.82, 2.24) is 5.32 Å². The molecule has 3 N–H and O–H groups in total. The van der Waals surface area contributed by atoms with Crippen LogP contribution in [0.3, 0.4) is 0 Å². The Hall–Kier alpha value is -0.590. The molecule has 0 rings (SSSR count). The van der Waals surface area contributed by atoms with E-state index in [0.717, 1.165) is 26.1 Å². The molecule has 0 heterocycles. The Morgan fingerprint density at radius 2 is 2.07 bits per heavy atom. The molecule has 0 fully saturated rings. The first-order chi connectivity index (χ1) is 7.02. The highest BCUT2D eigenvalue weighted by atomic mass is 14.8. The van der Waals surface area contributed by atoms with E-state index >= 15 is 0 Å². The summed E-state index contributed by atoms with van der Waals surface area (Å²) in [7, 11) is 0. The summed E-state index contributed by atoms with van der Waals surface area (Å²) in [6.45, 7) is 9.33. The summed E-state index contributed by atoms with van der Waals surface area (Å²) >= 11 is 0. The molecule has 88 valence electrons. The zero-order valence-corrected chi connectivity index (χ0v) is 10.3. The molecule has 15 heavy (non-hydrogen) atoms. The first kappa shape index (κ1) is 14.4. The predicted molar refractivity (Wildman–Crippen MR) is 64.3 cm³/mol. The van der Waals surface area contributed by atoms with Gasteiger partial charge in [-0.2, -0.15) is 5.26 Å². The molecule has 0 aliphatic heterocycles. The van der Waals surface area contributed by atoms with Crippen molar-refractivity contribution in [3.63, 3.8) is 0 Å². The Morgan fingerprint density at radius 1 is 1.40 bits per heavy atom. The molecule has 0 radical (unpaired) electrons. The SMILES string of the molecule is CC(CN)CC(C)(C)CCNCCC#N. The van der Waals surface area contributed by atoms with Crippen molar-refractivity contribution in [1.29, 1.82) is 5.26 Å². The van der Waals surface area contributed by atoms with E-state index in [1.54, 1.807) is 0 Å². The number of nitriles is 1. The lowest BCUT2D eigenvalue weighted by molar-refractivity contribution is 0.257. The standard InChI is InChI=1S/C12H25N3/c1-11(10-14)9-12(2,3)5-8-15-7-4-6-13/h11,15H,4-5,7-10,14H2,1-3H3. The van der Waals surface area contributed by atoms with E-state index in [0.29, 0.717) is 17.8 Å². The molecular formula is C12H25N3. The van der Waals surface area contributed by atoms with E-state index < -0.39 is 0 Å². The van der Waals surface area contributed by atoms with Crippen LogP contribution < -0.4 is 11.1 Å². The van der Waals surface area contributed by atoms with Gasteiger partial charge >= 0.3 is 0 Å². The maximum atomic E-state index is 8.37. The van der Waals surface area contributed by atoms with Gasteiger partial charge in [0.2, 0.25) is 0 Å². The van der Waals surface area contributed by atoms with Crippen molar-refractivity contribution in [3.8, 4) is 6.07 Å². The summed E-state index contributed by atoms with van der Waals surface area (Å²) in [5.74, 6) is 0.596. The van der Waals surface area contributed by atoms with Crippen molar-refractivity contribution in [3.05, 3.63) is 0 Å². The number of nitrogens with one attached hydrogen (secondary N) is 1. The fourth-order valence-electron chi connectivity index (χ4n) is 1.82. The molecule has 0 aromatic heterocycles. The van der Waals surface area contributed by atoms with Crippen LogP contribution in [0.25, 0.3) is 0 Å². The van der Waals surface area contributed by atoms with Gasteiger partial charge in [0, 0.05) is 13.0 Å². The van der Waals surface area contributed by atoms with Crippen molar-refractivity contribution >= 4 is 0 Å². The average molecular weight is 211 g/mol. The number of hydrogen-bond donors (Lipinski definition) is 2. The van der Waals surface area contributed by atoms with Crippen LogP contribution in [0.4, 0.5) is 0 Å². The molecular weight excluding hydrogens is 186 g/mol. The third-order valence-electron chi connectivity index (χ3n) is 2.70. The van der Waals surface area contributed by atoms with Gasteiger partial charge in [-0.25, -0.2) is 0 Å². The summed E-state index contributed by atoms with van der Waals surface area (Å²) in [6.07, 6.45) is 2.91. The number of hydrogen-bond acceptors (Lipinski definition) is 3. The molecule has 3 nitrogen and oxygen atoms in total. The third-order valence-corrected chi connectivity index (χ3v) is 2.70.